The molecule has 4 unspecified atom stereocenters. The summed E-state index contributed by atoms with van der Waals surface area (Å²) in [5.74, 6) is 0.816. The maximum atomic E-state index is 12.9. The Kier molecular flexibility index (Phi) is 3.87. The molecule has 2 bridgehead atoms. The van der Waals surface area contributed by atoms with Gasteiger partial charge in [0.1, 0.15) is 0 Å². The number of rotatable bonds is 2. The quantitative estimate of drug-likeness (QED) is 0.836. The fourth-order valence-electron chi connectivity index (χ4n) is 3.69. The molecule has 2 heterocycles. The Morgan fingerprint density at radius 3 is 1.68 bits per heavy atom. The van der Waals surface area contributed by atoms with E-state index in [2.05, 4.69) is 53.8 Å². The fraction of sp³-hybridized carbons (Fsp3) is 0.316. The third kappa shape index (κ3) is 2.44. The number of piperidine rings is 1. The molecule has 4 atom stereocenters. The number of fused-ring (bicyclic) bond motifs is 2. The van der Waals surface area contributed by atoms with Crippen LogP contribution in [0.4, 0.5) is 0 Å². The molecular formula is C19H19NOSe. The first-order valence-electron chi connectivity index (χ1n) is 7.82. The Bertz CT molecular complexity index is 602. The Labute approximate surface area is 137 Å². The van der Waals surface area contributed by atoms with E-state index < -0.39 is 0 Å². The normalized spacial score (nSPS) is 31.0. The average molecular weight is 356 g/mol. The van der Waals surface area contributed by atoms with Crippen LogP contribution in [0.15, 0.2) is 60.7 Å². The molecule has 0 amide bonds. The molecule has 1 N–H and O–H groups in total. The van der Waals surface area contributed by atoms with Gasteiger partial charge in [-0.1, -0.05) is 0 Å². The summed E-state index contributed by atoms with van der Waals surface area (Å²) in [5, 5.41) is 5.97. The number of ketones is 1. The summed E-state index contributed by atoms with van der Waals surface area (Å²) in [7, 11) is 0. The van der Waals surface area contributed by atoms with Crippen molar-refractivity contribution in [3.8, 4) is 0 Å². The average Bonchev–Trinajstić information content (AvgIpc) is 2.57. The summed E-state index contributed by atoms with van der Waals surface area (Å²) in [6, 6.07) is 21.3. The first-order chi connectivity index (χ1) is 10.8. The van der Waals surface area contributed by atoms with Gasteiger partial charge >= 0.3 is 137 Å². The van der Waals surface area contributed by atoms with Crippen LogP contribution in [0.1, 0.15) is 23.2 Å². The zero-order valence-corrected chi connectivity index (χ0v) is 14.0. The number of carbonyl (C=O) groups excluding carboxylic acids is 1. The number of Topliss-reactive ketones (excluding diaryl/α,β-unsaturated/α-hetero) is 1. The van der Waals surface area contributed by atoms with E-state index in [1.807, 2.05) is 12.1 Å². The topological polar surface area (TPSA) is 29.1 Å². The van der Waals surface area contributed by atoms with Crippen LogP contribution in [-0.4, -0.2) is 20.7 Å². The van der Waals surface area contributed by atoms with Crippen LogP contribution in [0.5, 0.6) is 0 Å². The van der Waals surface area contributed by atoms with Crippen LogP contribution in [0.2, 0.25) is 10.6 Å². The molecular weight excluding hydrogens is 337 g/mol. The van der Waals surface area contributed by atoms with Crippen molar-refractivity contribution < 1.29 is 4.79 Å². The molecule has 0 radical (unpaired) electrons. The molecule has 3 heteroatoms. The number of carbonyl (C=O) groups is 1. The minimum atomic E-state index is 0.164. The summed E-state index contributed by atoms with van der Waals surface area (Å²) in [6.45, 7) is 0. The van der Waals surface area contributed by atoms with Gasteiger partial charge in [0, 0.05) is 0 Å². The van der Waals surface area contributed by atoms with Gasteiger partial charge in [0.15, 0.2) is 0 Å². The molecule has 2 aliphatic rings. The van der Waals surface area contributed by atoms with Gasteiger partial charge in [-0.2, -0.15) is 0 Å². The maximum absolute atomic E-state index is 12.9. The predicted octanol–water partition coefficient (Wildman–Crippen LogP) is 3.43. The molecule has 2 saturated heterocycles. The van der Waals surface area contributed by atoms with Crippen LogP contribution in [0, 0.1) is 11.8 Å². The molecule has 2 aliphatic heterocycles. The van der Waals surface area contributed by atoms with E-state index in [-0.39, 0.29) is 23.9 Å². The van der Waals surface area contributed by atoms with Gasteiger partial charge < -0.3 is 0 Å². The second-order valence-corrected chi connectivity index (χ2v) is 8.35. The summed E-state index contributed by atoms with van der Waals surface area (Å²) in [6.07, 6.45) is 0. The van der Waals surface area contributed by atoms with Crippen LogP contribution in [0.3, 0.4) is 0 Å². The molecule has 0 spiro atoms. The van der Waals surface area contributed by atoms with Crippen molar-refractivity contribution in [1.82, 2.24) is 5.32 Å². The molecule has 0 aliphatic carbocycles. The molecule has 2 aromatic rings. The zero-order valence-electron chi connectivity index (χ0n) is 12.3. The van der Waals surface area contributed by atoms with Crippen molar-refractivity contribution in [3.05, 3.63) is 71.8 Å². The molecule has 2 nitrogen and oxygen atoms in total. The standard InChI is InChI=1S/C19H19NOSe/c21-19-15-11-22-12-16(19)18(14-9-5-2-6-10-14)20-17(15)13-7-3-1-4-8-13/h1-10,15-18,20H,11-12H2. The van der Waals surface area contributed by atoms with Crippen molar-refractivity contribution in [2.45, 2.75) is 22.7 Å². The number of hydrogen-bond donors (Lipinski definition) is 1. The predicted molar refractivity (Wildman–Crippen MR) is 88.9 cm³/mol. The molecule has 22 heavy (non-hydrogen) atoms. The Morgan fingerprint density at radius 1 is 0.773 bits per heavy atom. The Balaban J connectivity index is 1.73. The second kappa shape index (κ2) is 6.00. The summed E-state index contributed by atoms with van der Waals surface area (Å²) in [4.78, 5) is 12.9. The molecule has 2 aromatic carbocycles. The number of hydrogen-bond acceptors (Lipinski definition) is 2. The van der Waals surface area contributed by atoms with Crippen molar-refractivity contribution in [1.29, 1.82) is 0 Å². The number of nitrogens with one attached hydrogen (secondary N) is 1. The van der Waals surface area contributed by atoms with E-state index >= 15 is 0 Å². The van der Waals surface area contributed by atoms with Crippen molar-refractivity contribution in [3.63, 3.8) is 0 Å². The summed E-state index contributed by atoms with van der Waals surface area (Å²) < 4.78 is 0. The van der Waals surface area contributed by atoms with Gasteiger partial charge in [-0.3, -0.25) is 0 Å². The molecule has 2 fully saturated rings. The van der Waals surface area contributed by atoms with Crippen molar-refractivity contribution >= 4 is 20.7 Å². The monoisotopic (exact) mass is 357 g/mol. The van der Waals surface area contributed by atoms with E-state index in [9.17, 15) is 4.79 Å². The van der Waals surface area contributed by atoms with Gasteiger partial charge in [0.25, 0.3) is 0 Å². The third-order valence-electron chi connectivity index (χ3n) is 4.81. The molecule has 0 aromatic heterocycles. The van der Waals surface area contributed by atoms with E-state index in [0.717, 1.165) is 10.6 Å². The zero-order chi connectivity index (χ0) is 14.9. The molecule has 0 saturated carbocycles. The van der Waals surface area contributed by atoms with E-state index in [4.69, 9.17) is 0 Å². The summed E-state index contributed by atoms with van der Waals surface area (Å²) >= 11 is 0.589. The van der Waals surface area contributed by atoms with E-state index in [1.54, 1.807) is 0 Å². The van der Waals surface area contributed by atoms with Crippen LogP contribution in [0.25, 0.3) is 0 Å². The first kappa shape index (κ1) is 14.2. The Hall–Kier alpha value is -1.41. The minimum absolute atomic E-state index is 0.164. The summed E-state index contributed by atoms with van der Waals surface area (Å²) in [5.41, 5.74) is 2.50. The van der Waals surface area contributed by atoms with Crippen molar-refractivity contribution in [2.24, 2.45) is 11.8 Å². The van der Waals surface area contributed by atoms with Crippen LogP contribution >= 0.6 is 0 Å². The third-order valence-corrected chi connectivity index (χ3v) is 7.30. The van der Waals surface area contributed by atoms with Crippen molar-refractivity contribution in [2.75, 3.05) is 0 Å². The van der Waals surface area contributed by atoms with Gasteiger partial charge in [-0.05, 0) is 0 Å². The SMILES string of the molecule is O=C1C2C[Se]CC1C(c1ccccc1)NC2c1ccccc1. The number of benzene rings is 2. The fourth-order valence-corrected chi connectivity index (χ4v) is 6.53. The van der Waals surface area contributed by atoms with Gasteiger partial charge in [-0.25, -0.2) is 0 Å². The van der Waals surface area contributed by atoms with E-state index in [1.165, 1.54) is 11.1 Å². The second-order valence-electron chi connectivity index (χ2n) is 6.10. The van der Waals surface area contributed by atoms with Crippen LogP contribution in [-0.2, 0) is 4.79 Å². The van der Waals surface area contributed by atoms with E-state index in [0.29, 0.717) is 20.7 Å². The van der Waals surface area contributed by atoms with Gasteiger partial charge in [0.2, 0.25) is 0 Å². The molecule has 4 rings (SSSR count). The first-order valence-corrected chi connectivity index (χ1v) is 10.2. The molecule has 112 valence electrons. The Morgan fingerprint density at radius 2 is 1.23 bits per heavy atom. The van der Waals surface area contributed by atoms with Gasteiger partial charge in [0.05, 0.1) is 0 Å². The van der Waals surface area contributed by atoms with Gasteiger partial charge in [-0.15, -0.1) is 0 Å². The van der Waals surface area contributed by atoms with Crippen LogP contribution < -0.4 is 5.32 Å².